The number of ether oxygens (including phenoxy) is 1. The molecule has 2 aromatic rings. The van der Waals surface area contributed by atoms with Crippen LogP contribution in [0.3, 0.4) is 0 Å². The summed E-state index contributed by atoms with van der Waals surface area (Å²) < 4.78 is 19.6. The second kappa shape index (κ2) is 7.90. The fourth-order valence-corrected chi connectivity index (χ4v) is 2.87. The summed E-state index contributed by atoms with van der Waals surface area (Å²) in [4.78, 5) is 17.9. The van der Waals surface area contributed by atoms with Gasteiger partial charge in [0.1, 0.15) is 5.75 Å². The maximum atomic E-state index is 14.2. The van der Waals surface area contributed by atoms with Gasteiger partial charge in [-0.15, -0.1) is 0 Å². The topological polar surface area (TPSA) is 68.5 Å². The molecular formula is C19H20FN3O2. The highest BCUT2D eigenvalue weighted by molar-refractivity contribution is 5.92. The first kappa shape index (κ1) is 17.1. The van der Waals surface area contributed by atoms with Gasteiger partial charge in [0.25, 0.3) is 0 Å². The number of nitrogens with zero attached hydrogens (tertiary/aromatic N) is 2. The van der Waals surface area contributed by atoms with Crippen molar-refractivity contribution in [1.29, 1.82) is 0 Å². The number of halogens is 1. The molecule has 0 spiro atoms. The van der Waals surface area contributed by atoms with Crippen molar-refractivity contribution >= 4 is 12.0 Å². The third kappa shape index (κ3) is 4.22. The van der Waals surface area contributed by atoms with E-state index < -0.39 is 5.82 Å². The maximum absolute atomic E-state index is 14.2. The molecule has 130 valence electrons. The number of carbonyl (C=O) groups excluding carboxylic acids is 1. The van der Waals surface area contributed by atoms with Crippen molar-refractivity contribution in [2.75, 3.05) is 13.1 Å². The van der Waals surface area contributed by atoms with Crippen molar-refractivity contribution in [3.63, 3.8) is 0 Å². The molecule has 1 aliphatic heterocycles. The SMILES string of the molecule is NCC1CCCN1C(=O)C=Cc1ccc(Oc2cccnc2)c(F)c1. The van der Waals surface area contributed by atoms with Crippen LogP contribution in [0.2, 0.25) is 0 Å². The molecule has 1 unspecified atom stereocenters. The number of likely N-dealkylation sites (tertiary alicyclic amines) is 1. The quantitative estimate of drug-likeness (QED) is 0.849. The Morgan fingerprint density at radius 1 is 1.44 bits per heavy atom. The molecule has 0 bridgehead atoms. The lowest BCUT2D eigenvalue weighted by atomic mass is 10.2. The van der Waals surface area contributed by atoms with Crippen molar-refractivity contribution in [2.45, 2.75) is 18.9 Å². The Hall–Kier alpha value is -2.73. The minimum absolute atomic E-state index is 0.0935. The number of aromatic nitrogens is 1. The van der Waals surface area contributed by atoms with Gasteiger partial charge in [-0.3, -0.25) is 9.78 Å². The van der Waals surface area contributed by atoms with E-state index in [1.165, 1.54) is 24.4 Å². The van der Waals surface area contributed by atoms with Crippen molar-refractivity contribution in [3.05, 3.63) is 60.2 Å². The van der Waals surface area contributed by atoms with Gasteiger partial charge in [0.2, 0.25) is 5.91 Å². The molecule has 25 heavy (non-hydrogen) atoms. The molecule has 1 saturated heterocycles. The van der Waals surface area contributed by atoms with Crippen LogP contribution in [0.5, 0.6) is 11.5 Å². The zero-order valence-electron chi connectivity index (χ0n) is 13.8. The summed E-state index contributed by atoms with van der Waals surface area (Å²) in [5.41, 5.74) is 6.27. The zero-order valence-corrected chi connectivity index (χ0v) is 13.8. The number of pyridine rings is 1. The number of amides is 1. The smallest absolute Gasteiger partial charge is 0.246 e. The molecule has 1 atom stereocenters. The van der Waals surface area contributed by atoms with E-state index in [1.54, 1.807) is 35.4 Å². The van der Waals surface area contributed by atoms with Crippen LogP contribution in [-0.4, -0.2) is 34.9 Å². The highest BCUT2D eigenvalue weighted by atomic mass is 19.1. The summed E-state index contributed by atoms with van der Waals surface area (Å²) in [6.45, 7) is 1.19. The van der Waals surface area contributed by atoms with Crippen LogP contribution in [0, 0.1) is 5.82 Å². The monoisotopic (exact) mass is 341 g/mol. The summed E-state index contributed by atoms with van der Waals surface area (Å²) in [5, 5.41) is 0. The summed E-state index contributed by atoms with van der Waals surface area (Å²) >= 11 is 0. The molecule has 0 saturated carbocycles. The van der Waals surface area contributed by atoms with E-state index in [0.29, 0.717) is 17.9 Å². The molecule has 1 fully saturated rings. The van der Waals surface area contributed by atoms with E-state index in [1.807, 2.05) is 0 Å². The fraction of sp³-hybridized carbons (Fsp3) is 0.263. The van der Waals surface area contributed by atoms with Gasteiger partial charge >= 0.3 is 0 Å². The summed E-state index contributed by atoms with van der Waals surface area (Å²) in [6.07, 6.45) is 8.09. The van der Waals surface area contributed by atoms with Gasteiger partial charge in [-0.05, 0) is 48.7 Å². The van der Waals surface area contributed by atoms with Gasteiger partial charge in [0.15, 0.2) is 11.6 Å². The molecule has 2 heterocycles. The van der Waals surface area contributed by atoms with E-state index >= 15 is 0 Å². The molecule has 2 N–H and O–H groups in total. The van der Waals surface area contributed by atoms with Crippen molar-refractivity contribution < 1.29 is 13.9 Å². The van der Waals surface area contributed by atoms with Gasteiger partial charge in [0, 0.05) is 31.4 Å². The third-order valence-corrected chi connectivity index (χ3v) is 4.17. The van der Waals surface area contributed by atoms with Crippen LogP contribution in [0.4, 0.5) is 4.39 Å². The first-order chi connectivity index (χ1) is 12.2. The first-order valence-corrected chi connectivity index (χ1v) is 8.23. The summed E-state index contributed by atoms with van der Waals surface area (Å²) in [6, 6.07) is 8.07. The molecular weight excluding hydrogens is 321 g/mol. The number of benzene rings is 1. The standard InChI is InChI=1S/C19H20FN3O2/c20-17-11-14(5-7-18(17)25-16-4-1-9-22-13-16)6-8-19(24)23-10-2-3-15(23)12-21/h1,4-9,11,13,15H,2-3,10,12,21H2. The average Bonchev–Trinajstić information content (AvgIpc) is 3.11. The van der Waals surface area contributed by atoms with Gasteiger partial charge in [-0.1, -0.05) is 6.07 Å². The highest BCUT2D eigenvalue weighted by Gasteiger charge is 2.25. The van der Waals surface area contributed by atoms with Gasteiger partial charge in [-0.2, -0.15) is 0 Å². The Morgan fingerprint density at radius 3 is 3.04 bits per heavy atom. The Morgan fingerprint density at radius 2 is 2.32 bits per heavy atom. The minimum Gasteiger partial charge on any atom is -0.453 e. The van der Waals surface area contributed by atoms with E-state index in [0.717, 1.165) is 19.4 Å². The first-order valence-electron chi connectivity index (χ1n) is 8.23. The second-order valence-electron chi connectivity index (χ2n) is 5.88. The molecule has 1 aromatic heterocycles. The Balaban J connectivity index is 1.67. The average molecular weight is 341 g/mol. The highest BCUT2D eigenvalue weighted by Crippen LogP contribution is 2.25. The zero-order chi connectivity index (χ0) is 17.6. The molecule has 6 heteroatoms. The normalized spacial score (nSPS) is 17.2. The van der Waals surface area contributed by atoms with Crippen LogP contribution in [0.25, 0.3) is 6.08 Å². The Bertz CT molecular complexity index is 765. The van der Waals surface area contributed by atoms with Gasteiger partial charge in [0.05, 0.1) is 6.20 Å². The molecule has 1 aliphatic rings. The molecule has 1 amide bonds. The third-order valence-electron chi connectivity index (χ3n) is 4.17. The predicted octanol–water partition coefficient (Wildman–Crippen LogP) is 2.98. The molecule has 0 aliphatic carbocycles. The van der Waals surface area contributed by atoms with E-state index in [9.17, 15) is 9.18 Å². The van der Waals surface area contributed by atoms with Crippen LogP contribution < -0.4 is 10.5 Å². The minimum atomic E-state index is -0.501. The van der Waals surface area contributed by atoms with E-state index in [4.69, 9.17) is 10.5 Å². The second-order valence-corrected chi connectivity index (χ2v) is 5.88. The van der Waals surface area contributed by atoms with Crippen LogP contribution in [0.15, 0.2) is 48.8 Å². The maximum Gasteiger partial charge on any atom is 0.246 e. The Labute approximate surface area is 145 Å². The number of nitrogens with two attached hydrogens (primary N) is 1. The lowest BCUT2D eigenvalue weighted by molar-refractivity contribution is -0.126. The number of carbonyl (C=O) groups is 1. The lowest BCUT2D eigenvalue weighted by Crippen LogP contribution is -2.38. The molecule has 1 aromatic carbocycles. The number of rotatable bonds is 5. The molecule has 3 rings (SSSR count). The van der Waals surface area contributed by atoms with E-state index in [-0.39, 0.29) is 17.7 Å². The van der Waals surface area contributed by atoms with Crippen molar-refractivity contribution in [3.8, 4) is 11.5 Å². The Kier molecular flexibility index (Phi) is 5.40. The fourth-order valence-electron chi connectivity index (χ4n) is 2.87. The summed E-state index contributed by atoms with van der Waals surface area (Å²) in [5.74, 6) is -0.0237. The predicted molar refractivity (Wildman–Crippen MR) is 93.5 cm³/mol. The van der Waals surface area contributed by atoms with E-state index in [2.05, 4.69) is 4.98 Å². The van der Waals surface area contributed by atoms with Crippen LogP contribution in [0.1, 0.15) is 18.4 Å². The molecule has 5 nitrogen and oxygen atoms in total. The number of hydrogen-bond donors (Lipinski definition) is 1. The lowest BCUT2D eigenvalue weighted by Gasteiger charge is -2.21. The van der Waals surface area contributed by atoms with Gasteiger partial charge < -0.3 is 15.4 Å². The van der Waals surface area contributed by atoms with Crippen molar-refractivity contribution in [1.82, 2.24) is 9.88 Å². The van der Waals surface area contributed by atoms with Crippen LogP contribution in [-0.2, 0) is 4.79 Å². The largest absolute Gasteiger partial charge is 0.453 e. The molecule has 0 radical (unpaired) electrons. The number of hydrogen-bond acceptors (Lipinski definition) is 4. The van der Waals surface area contributed by atoms with Gasteiger partial charge in [-0.25, -0.2) is 4.39 Å². The van der Waals surface area contributed by atoms with Crippen molar-refractivity contribution in [2.24, 2.45) is 5.73 Å². The summed E-state index contributed by atoms with van der Waals surface area (Å²) in [7, 11) is 0. The van der Waals surface area contributed by atoms with Crippen LogP contribution >= 0.6 is 0 Å².